The summed E-state index contributed by atoms with van der Waals surface area (Å²) < 4.78 is 0. The van der Waals surface area contributed by atoms with Crippen molar-refractivity contribution in [2.24, 2.45) is 11.3 Å². The molecule has 1 amide bonds. The Balaban J connectivity index is 1.64. The van der Waals surface area contributed by atoms with Crippen LogP contribution in [0.25, 0.3) is 10.2 Å². The van der Waals surface area contributed by atoms with Crippen LogP contribution in [0.2, 0.25) is 5.02 Å². The van der Waals surface area contributed by atoms with Crippen LogP contribution in [-0.2, 0) is 12.8 Å². The predicted molar refractivity (Wildman–Crippen MR) is 130 cm³/mol. The number of thiophene rings is 1. The molecule has 1 unspecified atom stereocenters. The number of hydrogen-bond acceptors (Lipinski definition) is 5. The molecule has 0 spiro atoms. The van der Waals surface area contributed by atoms with Gasteiger partial charge in [-0.05, 0) is 60.4 Å². The van der Waals surface area contributed by atoms with Gasteiger partial charge in [-0.15, -0.1) is 11.3 Å². The highest BCUT2D eigenvalue weighted by atomic mass is 35.5. The zero-order valence-electron chi connectivity index (χ0n) is 18.3. The Morgan fingerprint density at radius 3 is 2.78 bits per heavy atom. The van der Waals surface area contributed by atoms with Gasteiger partial charge in [0.05, 0.1) is 16.3 Å². The zero-order chi connectivity index (χ0) is 23.2. The number of nitrogens with one attached hydrogen (secondary N) is 1. The van der Waals surface area contributed by atoms with E-state index in [0.29, 0.717) is 22.2 Å². The van der Waals surface area contributed by atoms with Crippen LogP contribution >= 0.6 is 22.9 Å². The minimum atomic E-state index is -1.16. The molecule has 2 aromatic heterocycles. The number of carboxylic acid groups (broad SMARTS) is 1. The minimum Gasteiger partial charge on any atom is -0.478 e. The van der Waals surface area contributed by atoms with Crippen LogP contribution in [0.3, 0.4) is 0 Å². The van der Waals surface area contributed by atoms with E-state index in [2.05, 4.69) is 32.2 Å². The van der Waals surface area contributed by atoms with Crippen molar-refractivity contribution >= 4 is 56.4 Å². The largest absolute Gasteiger partial charge is 0.478 e. The van der Waals surface area contributed by atoms with Crippen LogP contribution in [0.4, 0.5) is 11.4 Å². The quantitative estimate of drug-likeness (QED) is 0.421. The maximum Gasteiger partial charge on any atom is 0.337 e. The van der Waals surface area contributed by atoms with E-state index in [9.17, 15) is 14.7 Å². The lowest BCUT2D eigenvalue weighted by Crippen LogP contribution is -2.29. The Morgan fingerprint density at radius 1 is 1.34 bits per heavy atom. The summed E-state index contributed by atoms with van der Waals surface area (Å²) in [5, 5.41) is 12.9. The number of aromatic carboxylic acids is 1. The molecule has 4 rings (SSSR count). The first-order valence-corrected chi connectivity index (χ1v) is 11.8. The number of fused-ring (bicyclic) bond motifs is 2. The van der Waals surface area contributed by atoms with Gasteiger partial charge in [-0.1, -0.05) is 38.8 Å². The number of amides is 1. The third-order valence-electron chi connectivity index (χ3n) is 6.76. The minimum absolute atomic E-state index is 0.0762. The number of nitrogens with zero attached hydrogens (tertiary/aromatic N) is 1. The van der Waals surface area contributed by atoms with E-state index in [1.165, 1.54) is 29.0 Å². The monoisotopic (exact) mass is 471 g/mol. The molecular formula is C24H26ClN3O3S. The van der Waals surface area contributed by atoms with Crippen LogP contribution < -0.4 is 11.1 Å². The number of hydrogen-bond donors (Lipinski definition) is 3. The Bertz CT molecular complexity index is 1230. The smallest absolute Gasteiger partial charge is 0.337 e. The molecule has 0 bridgehead atoms. The van der Waals surface area contributed by atoms with Gasteiger partial charge in [0.2, 0.25) is 0 Å². The number of anilines is 2. The normalized spacial score (nSPS) is 16.1. The lowest BCUT2D eigenvalue weighted by molar-refractivity contribution is 0.0696. The van der Waals surface area contributed by atoms with Gasteiger partial charge in [-0.3, -0.25) is 4.79 Å². The summed E-state index contributed by atoms with van der Waals surface area (Å²) in [6, 6.07) is 6.43. The number of nitrogens with two attached hydrogens (primary N) is 1. The highest BCUT2D eigenvalue weighted by Gasteiger charge is 2.32. The van der Waals surface area contributed by atoms with Gasteiger partial charge in [0.15, 0.2) is 0 Å². The SMILES string of the molecule is CCC(C)(C)C1CCc2nc3sc(C(=O)Nc4ccc(Cl)c(C(=O)O)c4)c(N)c3cc2C1. The van der Waals surface area contributed by atoms with Gasteiger partial charge in [-0.2, -0.15) is 0 Å². The van der Waals surface area contributed by atoms with Crippen molar-refractivity contribution in [3.63, 3.8) is 0 Å². The number of carboxylic acids is 1. The van der Waals surface area contributed by atoms with Crippen molar-refractivity contribution in [2.75, 3.05) is 11.1 Å². The van der Waals surface area contributed by atoms with E-state index >= 15 is 0 Å². The van der Waals surface area contributed by atoms with Crippen molar-refractivity contribution in [2.45, 2.75) is 46.5 Å². The molecule has 2 heterocycles. The standard InChI is InChI=1S/C24H26ClN3O3S/c1-4-24(2,3)13-5-8-18-12(9-13)10-16-19(26)20(32-22(16)28-18)21(29)27-14-6-7-17(25)15(11-14)23(30)31/h6-7,10-11,13H,4-5,8-9,26H2,1-3H3,(H,27,29)(H,30,31). The molecule has 0 saturated heterocycles. The van der Waals surface area contributed by atoms with E-state index in [1.54, 1.807) is 6.07 Å². The summed E-state index contributed by atoms with van der Waals surface area (Å²) in [6.45, 7) is 6.88. The second-order valence-corrected chi connectivity index (χ2v) is 10.4. The van der Waals surface area contributed by atoms with Crippen LogP contribution in [-0.4, -0.2) is 22.0 Å². The van der Waals surface area contributed by atoms with Crippen LogP contribution in [0.15, 0.2) is 24.3 Å². The number of rotatable bonds is 5. The van der Waals surface area contributed by atoms with Crippen molar-refractivity contribution in [3.8, 4) is 0 Å². The predicted octanol–water partition coefficient (Wildman–Crippen LogP) is 6.02. The average Bonchev–Trinajstić information content (AvgIpc) is 3.08. The first-order valence-electron chi connectivity index (χ1n) is 10.7. The molecule has 3 aromatic rings. The highest BCUT2D eigenvalue weighted by Crippen LogP contribution is 2.42. The summed E-state index contributed by atoms with van der Waals surface area (Å²) in [5.74, 6) is -0.964. The molecule has 0 aliphatic heterocycles. The number of benzene rings is 1. The fourth-order valence-electron chi connectivity index (χ4n) is 4.27. The third-order valence-corrected chi connectivity index (χ3v) is 8.21. The number of carbonyl (C=O) groups is 2. The molecule has 32 heavy (non-hydrogen) atoms. The molecule has 1 aliphatic rings. The molecule has 8 heteroatoms. The fourth-order valence-corrected chi connectivity index (χ4v) is 5.46. The van der Waals surface area contributed by atoms with Crippen molar-refractivity contribution < 1.29 is 14.7 Å². The molecule has 0 fully saturated rings. The molecule has 6 nitrogen and oxygen atoms in total. The van der Waals surface area contributed by atoms with E-state index < -0.39 is 11.9 Å². The molecule has 0 saturated carbocycles. The van der Waals surface area contributed by atoms with E-state index in [-0.39, 0.29) is 16.0 Å². The Labute approximate surface area is 195 Å². The molecule has 168 valence electrons. The summed E-state index contributed by atoms with van der Waals surface area (Å²) in [5.41, 5.74) is 9.62. The topological polar surface area (TPSA) is 105 Å². The van der Waals surface area contributed by atoms with Gasteiger partial charge < -0.3 is 16.2 Å². The molecule has 1 aliphatic carbocycles. The first kappa shape index (κ1) is 22.6. The maximum absolute atomic E-state index is 12.9. The average molecular weight is 472 g/mol. The Morgan fingerprint density at radius 2 is 2.09 bits per heavy atom. The molecule has 4 N–H and O–H groups in total. The number of halogens is 1. The lowest BCUT2D eigenvalue weighted by Gasteiger charge is -2.36. The Hall–Kier alpha value is -2.64. The number of carbonyl (C=O) groups excluding carboxylic acids is 1. The molecule has 1 aromatic carbocycles. The first-order chi connectivity index (χ1) is 15.1. The van der Waals surface area contributed by atoms with Gasteiger partial charge in [0.1, 0.15) is 9.71 Å². The number of aromatic nitrogens is 1. The van der Waals surface area contributed by atoms with E-state index in [4.69, 9.17) is 22.3 Å². The van der Waals surface area contributed by atoms with Crippen LogP contribution in [0, 0.1) is 11.3 Å². The fraction of sp³-hybridized carbons (Fsp3) is 0.375. The van der Waals surface area contributed by atoms with Crippen LogP contribution in [0.1, 0.15) is 64.9 Å². The summed E-state index contributed by atoms with van der Waals surface area (Å²) in [6.07, 6.45) is 4.14. The molecule has 1 atom stereocenters. The van der Waals surface area contributed by atoms with Crippen LogP contribution in [0.5, 0.6) is 0 Å². The summed E-state index contributed by atoms with van der Waals surface area (Å²) in [7, 11) is 0. The zero-order valence-corrected chi connectivity index (χ0v) is 19.9. The second kappa shape index (κ2) is 8.37. The van der Waals surface area contributed by atoms with Crippen molar-refractivity contribution in [1.82, 2.24) is 4.98 Å². The third kappa shape index (κ3) is 4.07. The number of nitrogen functional groups attached to an aromatic ring is 1. The van der Waals surface area contributed by atoms with Gasteiger partial charge in [0, 0.05) is 16.8 Å². The van der Waals surface area contributed by atoms with Crippen molar-refractivity contribution in [3.05, 3.63) is 51.0 Å². The van der Waals surface area contributed by atoms with Gasteiger partial charge in [0.25, 0.3) is 5.91 Å². The lowest BCUT2D eigenvalue weighted by atomic mass is 9.69. The second-order valence-electron chi connectivity index (χ2n) is 9.03. The highest BCUT2D eigenvalue weighted by molar-refractivity contribution is 7.21. The maximum atomic E-state index is 12.9. The number of pyridine rings is 1. The summed E-state index contributed by atoms with van der Waals surface area (Å²) >= 11 is 7.17. The van der Waals surface area contributed by atoms with E-state index in [0.717, 1.165) is 41.6 Å². The van der Waals surface area contributed by atoms with E-state index in [1.807, 2.05) is 0 Å². The van der Waals surface area contributed by atoms with Gasteiger partial charge >= 0.3 is 5.97 Å². The molecule has 0 radical (unpaired) electrons. The summed E-state index contributed by atoms with van der Waals surface area (Å²) in [4.78, 5) is 30.2. The van der Waals surface area contributed by atoms with Crippen molar-refractivity contribution in [1.29, 1.82) is 0 Å². The number of aryl methyl sites for hydroxylation is 1. The Kier molecular flexibility index (Phi) is 5.90. The molecular weight excluding hydrogens is 446 g/mol. The van der Waals surface area contributed by atoms with Gasteiger partial charge in [-0.25, -0.2) is 9.78 Å².